The van der Waals surface area contributed by atoms with Crippen LogP contribution in [0.1, 0.15) is 83.6 Å². The summed E-state index contributed by atoms with van der Waals surface area (Å²) < 4.78 is 3.03. The van der Waals surface area contributed by atoms with Crippen molar-refractivity contribution >= 4 is 19.3 Å². The zero-order valence-corrected chi connectivity index (χ0v) is 31.0. The second-order valence-electron chi connectivity index (χ2n) is 12.7. The van der Waals surface area contributed by atoms with Crippen molar-refractivity contribution in [2.45, 2.75) is 75.1 Å². The summed E-state index contributed by atoms with van der Waals surface area (Å²) >= 11 is 1.59. The number of fused-ring (bicyclic) bond motifs is 1. The molecule has 0 fully saturated rings. The molecule has 221 valence electrons. The van der Waals surface area contributed by atoms with Crippen LogP contribution < -0.4 is 24.8 Å². The predicted molar refractivity (Wildman–Crippen MR) is 175 cm³/mol. The predicted octanol–water partition coefficient (Wildman–Crippen LogP) is 4.64. The first kappa shape index (κ1) is 34.0. The molecule has 2 aliphatic heterocycles. The molecular formula is C38H42Cl2NSiZr. The van der Waals surface area contributed by atoms with E-state index in [4.69, 9.17) is 0 Å². The first-order valence-electron chi connectivity index (χ1n) is 15.4. The molecule has 2 aliphatic carbocycles. The average molecular weight is 703 g/mol. The molecule has 0 radical (unpaired) electrons. The number of nitrogens with zero attached hydrogens (tertiary/aromatic N) is 1. The van der Waals surface area contributed by atoms with Crippen molar-refractivity contribution in [3.8, 4) is 16.8 Å². The SMILES string of the molecule is CC1=C2c3c(ccn3-c3ccccc3)C1[Si]2(C)C.CCCCCCc1ccc(-c2cccc3c2C=C(C)[CH]3[Zr+2])cc1.[Cl-].[Cl-]. The van der Waals surface area contributed by atoms with Crippen LogP contribution >= 0.6 is 0 Å². The van der Waals surface area contributed by atoms with Crippen LogP contribution in [-0.2, 0) is 31.1 Å². The van der Waals surface area contributed by atoms with Gasteiger partial charge in [-0.1, -0.05) is 50.2 Å². The van der Waals surface area contributed by atoms with Crippen molar-refractivity contribution in [3.63, 3.8) is 0 Å². The maximum atomic E-state index is 2.51. The van der Waals surface area contributed by atoms with Gasteiger partial charge in [-0.15, -0.1) is 0 Å². The summed E-state index contributed by atoms with van der Waals surface area (Å²) in [5.41, 5.74) is 15.5. The summed E-state index contributed by atoms with van der Waals surface area (Å²) in [6, 6.07) is 29.1. The number of hydrogen-bond donors (Lipinski definition) is 0. The van der Waals surface area contributed by atoms with Crippen LogP contribution in [0.5, 0.6) is 0 Å². The Balaban J connectivity index is 0.000000192. The van der Waals surface area contributed by atoms with Crippen molar-refractivity contribution in [2.75, 3.05) is 0 Å². The summed E-state index contributed by atoms with van der Waals surface area (Å²) in [6.45, 7) is 11.9. The number of hydrogen-bond acceptors (Lipinski definition) is 0. The Hall–Kier alpha value is -1.90. The van der Waals surface area contributed by atoms with Gasteiger partial charge in [-0.2, -0.15) is 0 Å². The topological polar surface area (TPSA) is 4.93 Å². The van der Waals surface area contributed by atoms with Gasteiger partial charge in [0.05, 0.1) is 8.07 Å². The fraction of sp³-hybridized carbons (Fsp3) is 0.316. The van der Waals surface area contributed by atoms with Gasteiger partial charge in [0.1, 0.15) is 0 Å². The van der Waals surface area contributed by atoms with Gasteiger partial charge in [0.15, 0.2) is 0 Å². The zero-order chi connectivity index (χ0) is 28.7. The van der Waals surface area contributed by atoms with E-state index >= 15 is 0 Å². The first-order chi connectivity index (χ1) is 19.8. The molecular weight excluding hydrogens is 661 g/mol. The number of aromatic nitrogens is 1. The number of benzene rings is 3. The van der Waals surface area contributed by atoms with E-state index in [1.807, 2.05) is 0 Å². The minimum Gasteiger partial charge on any atom is -1.00 e. The Morgan fingerprint density at radius 2 is 1.51 bits per heavy atom. The molecule has 2 atom stereocenters. The standard InChI is InChI=1S/C22H25.C16H17NSi.2ClH.Zr/c1-3-4-5-6-8-18-11-13-19(14-12-18)21-10-7-9-20-15-17(2)16-22(20)21;1-11-15-13-9-10-17(12-7-5-4-6-8-12)14(13)16(11)18(15,2)3;;;/h7,9-16H,3-6,8H2,1-2H3;4-10,15H,1-3H3;2*1H;/q;;;;+2/p-2. The van der Waals surface area contributed by atoms with Gasteiger partial charge in [-0.05, 0) is 35.9 Å². The third-order valence-electron chi connectivity index (χ3n) is 9.56. The zero-order valence-electron chi connectivity index (χ0n) is 26.1. The molecule has 5 heteroatoms. The Morgan fingerprint density at radius 1 is 0.791 bits per heavy atom. The summed E-state index contributed by atoms with van der Waals surface area (Å²) in [4.78, 5) is 0. The van der Waals surface area contributed by atoms with Crippen molar-refractivity contribution in [3.05, 3.63) is 124 Å². The fourth-order valence-electron chi connectivity index (χ4n) is 7.53. The Bertz CT molecular complexity index is 1630. The van der Waals surface area contributed by atoms with Gasteiger partial charge in [0.2, 0.25) is 0 Å². The van der Waals surface area contributed by atoms with Crippen molar-refractivity contribution in [2.24, 2.45) is 0 Å². The summed E-state index contributed by atoms with van der Waals surface area (Å²) in [7, 11) is -1.17. The summed E-state index contributed by atoms with van der Waals surface area (Å²) in [5.74, 6) is 0. The van der Waals surface area contributed by atoms with Crippen LogP contribution in [0.2, 0.25) is 13.1 Å². The van der Waals surface area contributed by atoms with E-state index in [-0.39, 0.29) is 24.8 Å². The maximum Gasteiger partial charge on any atom is -1.00 e. The van der Waals surface area contributed by atoms with E-state index in [1.165, 1.54) is 76.9 Å². The van der Waals surface area contributed by atoms with Gasteiger partial charge in [0.25, 0.3) is 0 Å². The number of rotatable bonds is 7. The fourth-order valence-corrected chi connectivity index (χ4v) is 12.7. The third-order valence-corrected chi connectivity index (χ3v) is 15.5. The van der Waals surface area contributed by atoms with Crippen LogP contribution in [0.15, 0.2) is 96.2 Å². The van der Waals surface area contributed by atoms with Crippen molar-refractivity contribution in [1.29, 1.82) is 0 Å². The van der Waals surface area contributed by atoms with Crippen LogP contribution in [0.25, 0.3) is 28.1 Å². The largest absolute Gasteiger partial charge is 1.00 e. The molecule has 0 N–H and O–H groups in total. The number of aryl methyl sites for hydroxylation is 1. The molecule has 0 saturated heterocycles. The van der Waals surface area contributed by atoms with E-state index in [0.29, 0.717) is 3.63 Å². The van der Waals surface area contributed by atoms with E-state index < -0.39 is 8.07 Å². The monoisotopic (exact) mass is 700 g/mol. The second kappa shape index (κ2) is 14.0. The third kappa shape index (κ3) is 6.17. The molecule has 0 spiro atoms. The number of para-hydroxylation sites is 1. The number of halogens is 2. The van der Waals surface area contributed by atoms with Gasteiger partial charge in [-0.3, -0.25) is 0 Å². The molecule has 0 saturated carbocycles. The molecule has 8 rings (SSSR count). The molecule has 2 unspecified atom stereocenters. The average Bonchev–Trinajstić information content (AvgIpc) is 3.67. The summed E-state index contributed by atoms with van der Waals surface area (Å²) in [5, 5.41) is 1.70. The van der Waals surface area contributed by atoms with Gasteiger partial charge in [-0.25, -0.2) is 0 Å². The molecule has 4 aromatic rings. The van der Waals surface area contributed by atoms with Crippen LogP contribution in [0, 0.1) is 0 Å². The van der Waals surface area contributed by atoms with Gasteiger partial charge in [0, 0.05) is 23.1 Å². The Kier molecular flexibility index (Phi) is 11.1. The summed E-state index contributed by atoms with van der Waals surface area (Å²) in [6.07, 6.45) is 11.2. The molecule has 43 heavy (non-hydrogen) atoms. The van der Waals surface area contributed by atoms with Crippen LogP contribution in [-0.4, -0.2) is 12.6 Å². The molecule has 1 nitrogen and oxygen atoms in total. The quantitative estimate of drug-likeness (QED) is 0.196. The Labute approximate surface area is 287 Å². The molecule has 4 aliphatic rings. The Morgan fingerprint density at radius 3 is 2.19 bits per heavy atom. The molecule has 1 aromatic heterocycles. The number of allylic oxidation sites excluding steroid dienone is 2. The van der Waals surface area contributed by atoms with E-state index in [9.17, 15) is 0 Å². The van der Waals surface area contributed by atoms with E-state index in [2.05, 4.69) is 130 Å². The minimum atomic E-state index is -1.17. The molecule has 2 bridgehead atoms. The van der Waals surface area contributed by atoms with Gasteiger partial charge < -0.3 is 29.4 Å². The number of unbranched alkanes of at least 4 members (excludes halogenated alkanes) is 3. The minimum absolute atomic E-state index is 0. The van der Waals surface area contributed by atoms with Crippen LogP contribution in [0.3, 0.4) is 0 Å². The maximum absolute atomic E-state index is 2.51. The van der Waals surface area contributed by atoms with E-state index in [1.54, 1.807) is 41.1 Å². The smallest absolute Gasteiger partial charge is 1.00 e. The van der Waals surface area contributed by atoms with Gasteiger partial charge >= 0.3 is 143 Å². The molecule has 0 amide bonds. The van der Waals surface area contributed by atoms with E-state index in [0.717, 1.165) is 5.54 Å². The molecule has 3 aromatic carbocycles. The van der Waals surface area contributed by atoms with Crippen LogP contribution in [0.4, 0.5) is 0 Å². The van der Waals surface area contributed by atoms with Crippen molar-refractivity contribution in [1.82, 2.24) is 4.57 Å². The molecule has 3 heterocycles. The second-order valence-corrected chi connectivity index (χ2v) is 18.6. The normalized spacial score (nSPS) is 18.3. The van der Waals surface area contributed by atoms with Crippen molar-refractivity contribution < 1.29 is 49.5 Å². The first-order valence-corrected chi connectivity index (χ1v) is 19.9.